The smallest absolute Gasteiger partial charge is 0.248 e. The third kappa shape index (κ3) is 3.82. The second kappa shape index (κ2) is 7.68. The number of likely N-dealkylation sites (N-methyl/N-ethyl adjacent to an activating group) is 1. The van der Waals surface area contributed by atoms with Crippen molar-refractivity contribution in [3.05, 3.63) is 23.7 Å². The first-order valence-corrected chi connectivity index (χ1v) is 8.83. The Labute approximate surface area is 143 Å². The number of carbonyl (C=O) groups is 1. The molecule has 1 saturated carbocycles. The molecule has 2 heterocycles. The number of fused-ring (bicyclic) bond motifs is 1. The number of nitrogens with zero attached hydrogens (tertiary/aromatic N) is 2. The predicted molar refractivity (Wildman–Crippen MR) is 89.7 cm³/mol. The summed E-state index contributed by atoms with van der Waals surface area (Å²) in [6.07, 6.45) is 2.95. The summed E-state index contributed by atoms with van der Waals surface area (Å²) in [5.41, 5.74) is 0. The van der Waals surface area contributed by atoms with E-state index in [9.17, 15) is 4.79 Å². The van der Waals surface area contributed by atoms with Crippen LogP contribution >= 0.6 is 0 Å². The summed E-state index contributed by atoms with van der Waals surface area (Å²) < 4.78 is 17.7. The number of aryl methyl sites for hydroxylation is 1. The molecule has 2 aliphatic rings. The van der Waals surface area contributed by atoms with E-state index in [1.807, 2.05) is 0 Å². The van der Waals surface area contributed by atoms with Gasteiger partial charge in [-0.05, 0) is 25.0 Å². The highest BCUT2D eigenvalue weighted by Crippen LogP contribution is 2.33. The third-order valence-corrected chi connectivity index (χ3v) is 4.99. The van der Waals surface area contributed by atoms with Gasteiger partial charge in [0.1, 0.15) is 18.1 Å². The van der Waals surface area contributed by atoms with Crippen LogP contribution in [0.15, 0.2) is 16.5 Å². The van der Waals surface area contributed by atoms with Gasteiger partial charge in [-0.2, -0.15) is 0 Å². The fraction of sp³-hybridized carbons (Fsp3) is 0.722. The van der Waals surface area contributed by atoms with Crippen LogP contribution in [0.3, 0.4) is 0 Å². The lowest BCUT2D eigenvalue weighted by molar-refractivity contribution is -0.144. The molecule has 3 rings (SSSR count). The third-order valence-electron chi connectivity index (χ3n) is 4.99. The van der Waals surface area contributed by atoms with Gasteiger partial charge in [0, 0.05) is 33.1 Å². The van der Waals surface area contributed by atoms with Crippen molar-refractivity contribution in [2.24, 2.45) is 0 Å². The topological polar surface area (TPSA) is 55.2 Å². The zero-order valence-electron chi connectivity index (χ0n) is 14.9. The van der Waals surface area contributed by atoms with Gasteiger partial charge in [-0.1, -0.05) is 6.92 Å². The van der Waals surface area contributed by atoms with Crippen LogP contribution in [0.4, 0.5) is 0 Å². The lowest BCUT2D eigenvalue weighted by Crippen LogP contribution is -2.51. The number of hydrogen-bond acceptors (Lipinski definition) is 5. The molecule has 1 aromatic heterocycles. The van der Waals surface area contributed by atoms with Crippen LogP contribution in [0.25, 0.3) is 0 Å². The molecule has 6 nitrogen and oxygen atoms in total. The molecular formula is C18H28N2O4. The highest BCUT2D eigenvalue weighted by molar-refractivity contribution is 5.76. The van der Waals surface area contributed by atoms with Gasteiger partial charge in [0.05, 0.1) is 25.4 Å². The Morgan fingerprint density at radius 3 is 2.83 bits per heavy atom. The molecule has 6 heteroatoms. The van der Waals surface area contributed by atoms with Gasteiger partial charge in [-0.3, -0.25) is 9.69 Å². The SMILES string of the molecule is CCc1ccc(CN2CCO[C@H]3[C@H](OCC(=O)N(C)C)CC[C@@H]32)o1. The zero-order chi connectivity index (χ0) is 17.1. The Kier molecular flexibility index (Phi) is 5.58. The number of rotatable bonds is 6. The average Bonchev–Trinajstić information content (AvgIpc) is 3.19. The monoisotopic (exact) mass is 336 g/mol. The number of furan rings is 1. The van der Waals surface area contributed by atoms with E-state index in [-0.39, 0.29) is 24.7 Å². The average molecular weight is 336 g/mol. The van der Waals surface area contributed by atoms with Crippen molar-refractivity contribution in [2.75, 3.05) is 33.9 Å². The molecule has 0 spiro atoms. The first-order valence-electron chi connectivity index (χ1n) is 8.83. The van der Waals surface area contributed by atoms with E-state index in [4.69, 9.17) is 13.9 Å². The van der Waals surface area contributed by atoms with Gasteiger partial charge in [0.15, 0.2) is 0 Å². The molecule has 1 aliphatic heterocycles. The normalized spacial score (nSPS) is 27.2. The van der Waals surface area contributed by atoms with Crippen molar-refractivity contribution in [1.29, 1.82) is 0 Å². The van der Waals surface area contributed by atoms with Crippen molar-refractivity contribution in [1.82, 2.24) is 9.80 Å². The molecule has 134 valence electrons. The molecular weight excluding hydrogens is 308 g/mol. The molecule has 1 saturated heterocycles. The van der Waals surface area contributed by atoms with Crippen LogP contribution in [-0.4, -0.2) is 67.8 Å². The van der Waals surface area contributed by atoms with Crippen molar-refractivity contribution in [3.8, 4) is 0 Å². The van der Waals surface area contributed by atoms with Gasteiger partial charge in [0.25, 0.3) is 0 Å². The minimum Gasteiger partial charge on any atom is -0.465 e. The van der Waals surface area contributed by atoms with Crippen LogP contribution in [0.1, 0.15) is 31.3 Å². The van der Waals surface area contributed by atoms with Crippen molar-refractivity contribution in [3.63, 3.8) is 0 Å². The van der Waals surface area contributed by atoms with Crippen LogP contribution in [0.5, 0.6) is 0 Å². The van der Waals surface area contributed by atoms with E-state index in [0.717, 1.165) is 43.9 Å². The van der Waals surface area contributed by atoms with E-state index < -0.39 is 0 Å². The molecule has 0 aromatic carbocycles. The summed E-state index contributed by atoms with van der Waals surface area (Å²) in [6, 6.07) is 4.47. The minimum atomic E-state index is -0.00574. The van der Waals surface area contributed by atoms with E-state index in [1.165, 1.54) is 0 Å². The molecule has 24 heavy (non-hydrogen) atoms. The van der Waals surface area contributed by atoms with Crippen molar-refractivity contribution in [2.45, 2.75) is 51.0 Å². The number of hydrogen-bond donors (Lipinski definition) is 0. The fourth-order valence-electron chi connectivity index (χ4n) is 3.57. The molecule has 0 bridgehead atoms. The van der Waals surface area contributed by atoms with Crippen LogP contribution < -0.4 is 0 Å². The summed E-state index contributed by atoms with van der Waals surface area (Å²) >= 11 is 0. The summed E-state index contributed by atoms with van der Waals surface area (Å²) in [4.78, 5) is 15.7. The number of carbonyl (C=O) groups excluding carboxylic acids is 1. The Bertz CT molecular complexity index is 557. The maximum absolute atomic E-state index is 11.7. The Hall–Kier alpha value is -1.37. The molecule has 0 radical (unpaired) electrons. The second-order valence-corrected chi connectivity index (χ2v) is 6.81. The maximum Gasteiger partial charge on any atom is 0.248 e. The lowest BCUT2D eigenvalue weighted by Gasteiger charge is -2.38. The Balaban J connectivity index is 1.57. The Morgan fingerprint density at radius 1 is 1.33 bits per heavy atom. The highest BCUT2D eigenvalue weighted by atomic mass is 16.5. The Morgan fingerprint density at radius 2 is 2.12 bits per heavy atom. The van der Waals surface area contributed by atoms with E-state index in [2.05, 4.69) is 24.0 Å². The summed E-state index contributed by atoms with van der Waals surface area (Å²) in [6.45, 7) is 4.65. The molecule has 1 aliphatic carbocycles. The van der Waals surface area contributed by atoms with Crippen LogP contribution in [0, 0.1) is 0 Å². The first kappa shape index (κ1) is 17.5. The van der Waals surface area contributed by atoms with E-state index in [1.54, 1.807) is 19.0 Å². The lowest BCUT2D eigenvalue weighted by atomic mass is 10.1. The largest absolute Gasteiger partial charge is 0.465 e. The standard InChI is InChI=1S/C18H28N2O4/c1-4-13-5-6-14(24-13)11-20-9-10-22-18-15(20)7-8-16(18)23-12-17(21)19(2)3/h5-6,15-16,18H,4,7-12H2,1-3H3/t15-,16+,18+/m0/s1. The van der Waals surface area contributed by atoms with Crippen LogP contribution in [0.2, 0.25) is 0 Å². The number of morpholine rings is 1. The quantitative estimate of drug-likeness (QED) is 0.791. The molecule has 1 amide bonds. The van der Waals surface area contributed by atoms with Gasteiger partial charge in [-0.25, -0.2) is 0 Å². The molecule has 0 N–H and O–H groups in total. The predicted octanol–water partition coefficient (Wildman–Crippen LogP) is 1.68. The van der Waals surface area contributed by atoms with Gasteiger partial charge in [-0.15, -0.1) is 0 Å². The second-order valence-electron chi connectivity index (χ2n) is 6.81. The van der Waals surface area contributed by atoms with Crippen molar-refractivity contribution < 1.29 is 18.7 Å². The fourth-order valence-corrected chi connectivity index (χ4v) is 3.57. The highest BCUT2D eigenvalue weighted by Gasteiger charge is 2.43. The minimum absolute atomic E-state index is 0.00417. The zero-order valence-corrected chi connectivity index (χ0v) is 14.9. The molecule has 3 atom stereocenters. The summed E-state index contributed by atoms with van der Waals surface area (Å²) in [5, 5.41) is 0. The molecule has 1 aromatic rings. The molecule has 0 unspecified atom stereocenters. The number of ether oxygens (including phenoxy) is 2. The van der Waals surface area contributed by atoms with Gasteiger partial charge < -0.3 is 18.8 Å². The van der Waals surface area contributed by atoms with E-state index >= 15 is 0 Å². The van der Waals surface area contributed by atoms with Crippen LogP contribution in [-0.2, 0) is 27.2 Å². The summed E-state index contributed by atoms with van der Waals surface area (Å²) in [7, 11) is 3.49. The summed E-state index contributed by atoms with van der Waals surface area (Å²) in [5.74, 6) is 2.04. The molecule has 2 fully saturated rings. The van der Waals surface area contributed by atoms with E-state index in [0.29, 0.717) is 12.6 Å². The van der Waals surface area contributed by atoms with Crippen molar-refractivity contribution >= 4 is 5.91 Å². The first-order chi connectivity index (χ1) is 11.6. The number of amides is 1. The van der Waals surface area contributed by atoms with Gasteiger partial charge in [0.2, 0.25) is 5.91 Å². The van der Waals surface area contributed by atoms with Gasteiger partial charge >= 0.3 is 0 Å². The maximum atomic E-state index is 11.7.